The Hall–Kier alpha value is -8.61. The Kier molecular flexibility index (Phi) is 7.22. The number of nitrogens with zero attached hydrogens (tertiary/aromatic N) is 5. The monoisotopic (exact) mass is 817 g/mol. The maximum absolute atomic E-state index is 6.72. The smallest absolute Gasteiger partial charge is 0.238 e. The van der Waals surface area contributed by atoms with E-state index in [0.717, 1.165) is 67.1 Å². The highest BCUT2D eigenvalue weighted by Gasteiger charge is 2.52. The normalized spacial score (nSPS) is 13.5. The predicted molar refractivity (Wildman–Crippen MR) is 256 cm³/mol. The molecule has 0 amide bonds. The van der Waals surface area contributed by atoms with Gasteiger partial charge in [-0.25, -0.2) is 4.98 Å². The van der Waals surface area contributed by atoms with Crippen LogP contribution < -0.4 is 9.64 Å². The largest absolute Gasteiger partial charge is 0.453 e. The molecule has 1 spiro atoms. The van der Waals surface area contributed by atoms with Gasteiger partial charge < -0.3 is 9.64 Å². The second kappa shape index (κ2) is 13.2. The molecule has 0 fully saturated rings. The number of hydrogen-bond donors (Lipinski definition) is 0. The number of rotatable bonds is 4. The van der Waals surface area contributed by atoms with Crippen LogP contribution in [0.2, 0.25) is 0 Å². The minimum absolute atomic E-state index is 0.496. The Morgan fingerprint density at radius 3 is 1.77 bits per heavy atom. The number of hydrogen-bond acceptors (Lipinski definition) is 5. The maximum Gasteiger partial charge on any atom is 0.238 e. The lowest BCUT2D eigenvalue weighted by Gasteiger charge is -2.33. The molecule has 64 heavy (non-hydrogen) atoms. The summed E-state index contributed by atoms with van der Waals surface area (Å²) in [6, 6.07) is 75.2. The molecule has 9 aromatic carbocycles. The molecule has 6 heteroatoms. The van der Waals surface area contributed by atoms with Crippen LogP contribution in [0.3, 0.4) is 0 Å². The van der Waals surface area contributed by atoms with E-state index in [9.17, 15) is 0 Å². The zero-order chi connectivity index (χ0) is 41.9. The predicted octanol–water partition coefficient (Wildman–Crippen LogP) is 14.2. The van der Waals surface area contributed by atoms with Gasteiger partial charge in [-0.15, -0.1) is 0 Å². The number of benzene rings is 9. The van der Waals surface area contributed by atoms with Gasteiger partial charge in [-0.1, -0.05) is 170 Å². The highest BCUT2D eigenvalue weighted by molar-refractivity contribution is 6.12. The first-order chi connectivity index (χ1) is 31.8. The summed E-state index contributed by atoms with van der Waals surface area (Å²) in [4.78, 5) is 18.6. The molecule has 1 aliphatic heterocycles. The zero-order valence-electron chi connectivity index (χ0n) is 34.4. The summed E-state index contributed by atoms with van der Waals surface area (Å²) in [5.41, 5.74) is 16.2. The lowest BCUT2D eigenvalue weighted by Crippen LogP contribution is -2.25. The minimum Gasteiger partial charge on any atom is -0.453 e. The molecular weight excluding hydrogens is 783 g/mol. The third-order valence-electron chi connectivity index (χ3n) is 13.5. The Labute approximate surface area is 369 Å². The van der Waals surface area contributed by atoms with Gasteiger partial charge in [0.15, 0.2) is 23.1 Å². The minimum atomic E-state index is -0.496. The van der Waals surface area contributed by atoms with E-state index in [2.05, 4.69) is 185 Å². The fourth-order valence-electron chi connectivity index (χ4n) is 10.9. The van der Waals surface area contributed by atoms with Crippen LogP contribution >= 0.6 is 0 Å². The van der Waals surface area contributed by atoms with E-state index in [1.165, 1.54) is 38.9 Å². The van der Waals surface area contributed by atoms with Crippen molar-refractivity contribution in [3.05, 3.63) is 235 Å². The summed E-state index contributed by atoms with van der Waals surface area (Å²) in [5, 5.41) is 2.12. The summed E-state index contributed by atoms with van der Waals surface area (Å²) in [7, 11) is 0. The Morgan fingerprint density at radius 2 is 0.984 bits per heavy atom. The van der Waals surface area contributed by atoms with Crippen molar-refractivity contribution in [3.63, 3.8) is 0 Å². The Bertz CT molecular complexity index is 3680. The molecule has 14 rings (SSSR count). The van der Waals surface area contributed by atoms with Gasteiger partial charge in [0.2, 0.25) is 5.95 Å². The van der Waals surface area contributed by atoms with Crippen LogP contribution in [0.1, 0.15) is 22.3 Å². The topological polar surface area (TPSA) is 56.1 Å². The molecule has 0 atom stereocenters. The average Bonchev–Trinajstić information content (AvgIpc) is 3.97. The number of ether oxygens (including phenoxy) is 1. The van der Waals surface area contributed by atoms with Crippen LogP contribution in [-0.2, 0) is 5.41 Å². The van der Waals surface area contributed by atoms with Crippen LogP contribution in [0, 0.1) is 0 Å². The SMILES string of the molecule is c1ccc(-c2nc(-c3cccc4c3-c3ccccc3C43c4ccccc4-c4ccccc43)nc(-n3c4ccccc4c4cc5c(cc43)N(c3ccccc3)c3ccccc3O5)n2)cc1. The number of anilines is 3. The van der Waals surface area contributed by atoms with Crippen molar-refractivity contribution < 1.29 is 4.74 Å². The van der Waals surface area contributed by atoms with E-state index in [0.29, 0.717) is 17.6 Å². The van der Waals surface area contributed by atoms with Gasteiger partial charge in [-0.05, 0) is 87.0 Å². The quantitative estimate of drug-likeness (QED) is 0.177. The zero-order valence-corrected chi connectivity index (χ0v) is 34.4. The fraction of sp³-hybridized carbons (Fsp3) is 0.0172. The third-order valence-corrected chi connectivity index (χ3v) is 13.5. The molecule has 0 bridgehead atoms. The van der Waals surface area contributed by atoms with Gasteiger partial charge in [0.1, 0.15) is 0 Å². The van der Waals surface area contributed by atoms with E-state index in [1.54, 1.807) is 0 Å². The van der Waals surface area contributed by atoms with E-state index >= 15 is 0 Å². The summed E-state index contributed by atoms with van der Waals surface area (Å²) in [5.74, 6) is 3.33. The van der Waals surface area contributed by atoms with Crippen molar-refractivity contribution >= 4 is 38.9 Å². The van der Waals surface area contributed by atoms with Gasteiger partial charge in [0.05, 0.1) is 27.8 Å². The van der Waals surface area contributed by atoms with Crippen molar-refractivity contribution in [3.8, 4) is 62.5 Å². The first-order valence-corrected chi connectivity index (χ1v) is 21.7. The molecule has 2 aliphatic carbocycles. The average molecular weight is 818 g/mol. The van der Waals surface area contributed by atoms with Crippen LogP contribution in [0.4, 0.5) is 17.1 Å². The summed E-state index contributed by atoms with van der Waals surface area (Å²) < 4.78 is 8.92. The summed E-state index contributed by atoms with van der Waals surface area (Å²) in [6.45, 7) is 0. The van der Waals surface area contributed by atoms with E-state index in [-0.39, 0.29) is 0 Å². The highest BCUT2D eigenvalue weighted by atomic mass is 16.5. The van der Waals surface area contributed by atoms with Crippen molar-refractivity contribution in [1.29, 1.82) is 0 Å². The van der Waals surface area contributed by atoms with Gasteiger partial charge in [0, 0.05) is 27.6 Å². The molecule has 0 saturated heterocycles. The fourth-order valence-corrected chi connectivity index (χ4v) is 10.9. The molecule has 0 radical (unpaired) electrons. The molecule has 298 valence electrons. The number of fused-ring (bicyclic) bond motifs is 15. The molecule has 11 aromatic rings. The van der Waals surface area contributed by atoms with Gasteiger partial charge in [-0.3, -0.25) is 4.57 Å². The molecule has 6 nitrogen and oxygen atoms in total. The van der Waals surface area contributed by atoms with Crippen LogP contribution in [0.15, 0.2) is 212 Å². The maximum atomic E-state index is 6.72. The van der Waals surface area contributed by atoms with E-state index < -0.39 is 5.41 Å². The molecule has 0 saturated carbocycles. The third kappa shape index (κ3) is 4.71. The molecule has 3 heterocycles. The molecule has 0 unspecified atom stereocenters. The van der Waals surface area contributed by atoms with Crippen LogP contribution in [0.5, 0.6) is 11.5 Å². The first-order valence-electron chi connectivity index (χ1n) is 21.7. The standard InChI is InChI=1S/C58H35N5O/c1-3-18-36(19-4-1)55-59-56(42-26-17-30-47-54(42)41-25-9-13-29-46(41)58(47)44-27-11-7-22-38(44)39-23-8-12-28-45(39)58)61-57(60-55)63-48-31-14-10-24-40(48)43-34-53-51(35-50(43)63)62(37-20-5-2-6-21-37)49-32-15-16-33-52(49)64-53/h1-35H. The van der Waals surface area contributed by atoms with E-state index in [4.69, 9.17) is 19.7 Å². The van der Waals surface area contributed by atoms with Crippen molar-refractivity contribution in [1.82, 2.24) is 19.5 Å². The van der Waals surface area contributed by atoms with E-state index in [1.807, 2.05) is 36.4 Å². The second-order valence-corrected chi connectivity index (χ2v) is 16.7. The summed E-state index contributed by atoms with van der Waals surface area (Å²) >= 11 is 0. The number of para-hydroxylation sites is 4. The highest BCUT2D eigenvalue weighted by Crippen LogP contribution is 2.64. The van der Waals surface area contributed by atoms with Gasteiger partial charge in [0.25, 0.3) is 0 Å². The van der Waals surface area contributed by atoms with Crippen LogP contribution in [-0.4, -0.2) is 19.5 Å². The second-order valence-electron chi connectivity index (χ2n) is 16.7. The number of aromatic nitrogens is 4. The lowest BCUT2D eigenvalue weighted by molar-refractivity contribution is 0.477. The first kappa shape index (κ1) is 35.0. The Balaban J connectivity index is 1.05. The molecule has 3 aliphatic rings. The van der Waals surface area contributed by atoms with Crippen LogP contribution in [0.25, 0.3) is 72.8 Å². The molecule has 2 aromatic heterocycles. The molecule has 0 N–H and O–H groups in total. The van der Waals surface area contributed by atoms with Gasteiger partial charge in [-0.2, -0.15) is 9.97 Å². The summed E-state index contributed by atoms with van der Waals surface area (Å²) in [6.07, 6.45) is 0. The van der Waals surface area contributed by atoms with Crippen molar-refractivity contribution in [2.45, 2.75) is 5.41 Å². The van der Waals surface area contributed by atoms with Crippen molar-refractivity contribution in [2.24, 2.45) is 0 Å². The lowest BCUT2D eigenvalue weighted by atomic mass is 9.70. The van der Waals surface area contributed by atoms with Crippen molar-refractivity contribution in [2.75, 3.05) is 4.90 Å². The molecular formula is C58H35N5O. The Morgan fingerprint density at radius 1 is 0.391 bits per heavy atom. The van der Waals surface area contributed by atoms with Gasteiger partial charge >= 0.3 is 0 Å².